The van der Waals surface area contributed by atoms with Crippen LogP contribution in [0.3, 0.4) is 0 Å². The summed E-state index contributed by atoms with van der Waals surface area (Å²) < 4.78 is 0. The van der Waals surface area contributed by atoms with Crippen molar-refractivity contribution in [3.05, 3.63) is 34.4 Å². The molecule has 0 saturated heterocycles. The van der Waals surface area contributed by atoms with Crippen LogP contribution in [0, 0.1) is 10.1 Å². The normalized spacial score (nSPS) is 18.1. The molecule has 0 unspecified atom stereocenters. The number of hydrogen-bond acceptors (Lipinski definition) is 7. The van der Waals surface area contributed by atoms with Gasteiger partial charge in [0.25, 0.3) is 11.6 Å². The molecule has 1 amide bonds. The molecule has 1 aromatic rings. The third-order valence-corrected chi connectivity index (χ3v) is 2.83. The Morgan fingerprint density at radius 2 is 2.10 bits per heavy atom. The van der Waals surface area contributed by atoms with Gasteiger partial charge in [0.2, 0.25) is 0 Å². The second-order valence-corrected chi connectivity index (χ2v) is 4.54. The SMILES string of the molecule is CC1=NN(C(N)=S)C(=O)[C@H]1N=Nc1ccc([N+](=O)[O-])cc1. The average molecular weight is 306 g/mol. The summed E-state index contributed by atoms with van der Waals surface area (Å²) >= 11 is 4.69. The molecule has 1 aromatic carbocycles. The predicted octanol–water partition coefficient (Wildman–Crippen LogP) is 1.51. The van der Waals surface area contributed by atoms with Crippen molar-refractivity contribution in [3.8, 4) is 0 Å². The number of nitrogens with zero attached hydrogens (tertiary/aromatic N) is 5. The number of hydrazone groups is 1. The number of carbonyl (C=O) groups is 1. The van der Waals surface area contributed by atoms with Gasteiger partial charge in [-0.15, -0.1) is 0 Å². The molecule has 0 fully saturated rings. The molecule has 10 heteroatoms. The molecule has 0 radical (unpaired) electrons. The van der Waals surface area contributed by atoms with E-state index in [9.17, 15) is 14.9 Å². The molecular formula is C11H10N6O3S. The van der Waals surface area contributed by atoms with E-state index in [1.165, 1.54) is 24.3 Å². The third-order valence-electron chi connectivity index (χ3n) is 2.65. The summed E-state index contributed by atoms with van der Waals surface area (Å²) in [6, 6.07) is 4.57. The van der Waals surface area contributed by atoms with Crippen LogP contribution in [0.4, 0.5) is 11.4 Å². The molecule has 2 N–H and O–H groups in total. The zero-order valence-corrected chi connectivity index (χ0v) is 11.6. The van der Waals surface area contributed by atoms with E-state index in [4.69, 9.17) is 18.0 Å². The number of hydrogen-bond donors (Lipinski definition) is 1. The summed E-state index contributed by atoms with van der Waals surface area (Å²) in [5, 5.41) is 22.9. The number of rotatable bonds is 3. The largest absolute Gasteiger partial charge is 0.374 e. The van der Waals surface area contributed by atoms with Gasteiger partial charge in [0.1, 0.15) is 0 Å². The quantitative estimate of drug-likeness (QED) is 0.392. The molecular weight excluding hydrogens is 296 g/mol. The molecule has 0 aliphatic carbocycles. The molecule has 9 nitrogen and oxygen atoms in total. The van der Waals surface area contributed by atoms with Crippen LogP contribution in [0.2, 0.25) is 0 Å². The Morgan fingerprint density at radius 1 is 1.48 bits per heavy atom. The van der Waals surface area contributed by atoms with E-state index in [0.29, 0.717) is 11.4 Å². The Kier molecular flexibility index (Phi) is 3.98. The number of benzene rings is 1. The number of amides is 1. The van der Waals surface area contributed by atoms with Gasteiger partial charge in [-0.05, 0) is 31.3 Å². The van der Waals surface area contributed by atoms with Gasteiger partial charge in [-0.3, -0.25) is 14.9 Å². The summed E-state index contributed by atoms with van der Waals surface area (Å²) in [5.74, 6) is -0.481. The predicted molar refractivity (Wildman–Crippen MR) is 78.1 cm³/mol. The molecule has 21 heavy (non-hydrogen) atoms. The monoisotopic (exact) mass is 306 g/mol. The van der Waals surface area contributed by atoms with E-state index in [1.807, 2.05) is 0 Å². The fraction of sp³-hybridized carbons (Fsp3) is 0.182. The minimum absolute atomic E-state index is 0.0525. The standard InChI is InChI=1S/C11H10N6O3S/c1-6-9(10(18)16(15-6)11(12)21)14-13-7-2-4-8(5-3-7)17(19)20/h2-5,9H,1H3,(H2,12,21)/t9-/m0/s1. The summed E-state index contributed by atoms with van der Waals surface area (Å²) in [4.78, 5) is 21.9. The molecule has 0 spiro atoms. The molecule has 1 heterocycles. The lowest BCUT2D eigenvalue weighted by Crippen LogP contribution is -2.37. The molecule has 2 rings (SSSR count). The van der Waals surface area contributed by atoms with Crippen LogP contribution >= 0.6 is 12.2 Å². The van der Waals surface area contributed by atoms with E-state index in [2.05, 4.69) is 15.3 Å². The zero-order chi connectivity index (χ0) is 15.6. The first-order valence-electron chi connectivity index (χ1n) is 5.74. The number of thiocarbonyl (C=S) groups is 1. The zero-order valence-electron chi connectivity index (χ0n) is 10.8. The van der Waals surface area contributed by atoms with Gasteiger partial charge >= 0.3 is 0 Å². The molecule has 0 saturated carbocycles. The maximum Gasteiger partial charge on any atom is 0.282 e. The van der Waals surface area contributed by atoms with E-state index in [-0.39, 0.29) is 10.8 Å². The van der Waals surface area contributed by atoms with Crippen molar-refractivity contribution < 1.29 is 9.72 Å². The molecule has 0 bridgehead atoms. The van der Waals surface area contributed by atoms with Crippen molar-refractivity contribution in [2.75, 3.05) is 0 Å². The Labute approximate surface area is 124 Å². The van der Waals surface area contributed by atoms with Gasteiger partial charge in [-0.2, -0.15) is 20.3 Å². The average Bonchev–Trinajstić information content (AvgIpc) is 2.72. The lowest BCUT2D eigenvalue weighted by Gasteiger charge is -2.08. The van der Waals surface area contributed by atoms with E-state index < -0.39 is 16.9 Å². The first-order valence-corrected chi connectivity index (χ1v) is 6.15. The highest BCUT2D eigenvalue weighted by atomic mass is 32.1. The van der Waals surface area contributed by atoms with Gasteiger partial charge in [0.15, 0.2) is 11.2 Å². The highest BCUT2D eigenvalue weighted by molar-refractivity contribution is 7.80. The highest BCUT2D eigenvalue weighted by Gasteiger charge is 2.35. The van der Waals surface area contributed by atoms with Gasteiger partial charge in [-0.1, -0.05) is 0 Å². The number of nitro benzene ring substituents is 1. The first kappa shape index (κ1) is 14.7. The van der Waals surface area contributed by atoms with Crippen LogP contribution in [0.1, 0.15) is 6.92 Å². The Balaban J connectivity index is 2.15. The number of non-ortho nitro benzene ring substituents is 1. The molecule has 1 aliphatic heterocycles. The van der Waals surface area contributed by atoms with Crippen LogP contribution in [-0.4, -0.2) is 32.7 Å². The van der Waals surface area contributed by atoms with E-state index in [0.717, 1.165) is 5.01 Å². The Bertz CT molecular complexity index is 669. The maximum atomic E-state index is 11.9. The van der Waals surface area contributed by atoms with Gasteiger partial charge < -0.3 is 5.73 Å². The van der Waals surface area contributed by atoms with E-state index >= 15 is 0 Å². The lowest BCUT2D eigenvalue weighted by molar-refractivity contribution is -0.384. The van der Waals surface area contributed by atoms with Gasteiger partial charge in [0, 0.05) is 12.1 Å². The van der Waals surface area contributed by atoms with Gasteiger partial charge in [0.05, 0.1) is 16.3 Å². The van der Waals surface area contributed by atoms with E-state index in [1.54, 1.807) is 6.92 Å². The molecule has 108 valence electrons. The van der Waals surface area contributed by atoms with Crippen molar-refractivity contribution in [1.29, 1.82) is 0 Å². The second kappa shape index (κ2) is 5.71. The summed E-state index contributed by atoms with van der Waals surface area (Å²) in [6.07, 6.45) is 0. The fourth-order valence-electron chi connectivity index (χ4n) is 1.61. The summed E-state index contributed by atoms with van der Waals surface area (Å²) in [5.41, 5.74) is 6.11. The van der Waals surface area contributed by atoms with Crippen molar-refractivity contribution in [2.45, 2.75) is 13.0 Å². The Hall–Kier alpha value is -2.75. The van der Waals surface area contributed by atoms with Crippen molar-refractivity contribution in [1.82, 2.24) is 5.01 Å². The Morgan fingerprint density at radius 3 is 2.57 bits per heavy atom. The lowest BCUT2D eigenvalue weighted by atomic mass is 10.2. The molecule has 1 aliphatic rings. The minimum Gasteiger partial charge on any atom is -0.374 e. The van der Waals surface area contributed by atoms with Crippen LogP contribution in [0.5, 0.6) is 0 Å². The summed E-state index contributed by atoms with van der Waals surface area (Å²) in [7, 11) is 0. The second-order valence-electron chi connectivity index (χ2n) is 4.12. The smallest absolute Gasteiger partial charge is 0.282 e. The van der Waals surface area contributed by atoms with Crippen molar-refractivity contribution >= 4 is 40.3 Å². The maximum absolute atomic E-state index is 11.9. The van der Waals surface area contributed by atoms with Crippen LogP contribution < -0.4 is 5.73 Å². The van der Waals surface area contributed by atoms with Crippen molar-refractivity contribution in [3.63, 3.8) is 0 Å². The third kappa shape index (κ3) is 3.05. The first-order chi connectivity index (χ1) is 9.90. The van der Waals surface area contributed by atoms with Crippen molar-refractivity contribution in [2.24, 2.45) is 21.1 Å². The number of carbonyl (C=O) groups excluding carboxylic acids is 1. The minimum atomic E-state index is -0.887. The molecule has 0 aromatic heterocycles. The number of nitrogens with two attached hydrogens (primary N) is 1. The highest BCUT2D eigenvalue weighted by Crippen LogP contribution is 2.20. The van der Waals surface area contributed by atoms with Crippen LogP contribution in [-0.2, 0) is 4.79 Å². The van der Waals surface area contributed by atoms with Gasteiger partial charge in [-0.25, -0.2) is 0 Å². The number of azo groups is 1. The summed E-state index contributed by atoms with van der Waals surface area (Å²) in [6.45, 7) is 1.61. The van der Waals surface area contributed by atoms with Crippen LogP contribution in [0.15, 0.2) is 39.6 Å². The van der Waals surface area contributed by atoms with Crippen LogP contribution in [0.25, 0.3) is 0 Å². The topological polar surface area (TPSA) is 127 Å². The number of nitro groups is 1. The fourth-order valence-corrected chi connectivity index (χ4v) is 1.74. The molecule has 1 atom stereocenters.